The molecule has 0 bridgehead atoms. The van der Waals surface area contributed by atoms with Gasteiger partial charge in [0.25, 0.3) is 5.91 Å². The third kappa shape index (κ3) is 3.51. The highest BCUT2D eigenvalue weighted by Gasteiger charge is 2.10. The first-order valence-corrected chi connectivity index (χ1v) is 8.61. The van der Waals surface area contributed by atoms with E-state index in [1.807, 2.05) is 55.5 Å². The van der Waals surface area contributed by atoms with Crippen LogP contribution in [0.5, 0.6) is 0 Å². The van der Waals surface area contributed by atoms with Crippen molar-refractivity contribution in [3.8, 4) is 11.1 Å². The van der Waals surface area contributed by atoms with E-state index in [0.717, 1.165) is 16.6 Å². The molecule has 0 unspecified atom stereocenters. The molecule has 1 aromatic heterocycles. The zero-order chi connectivity index (χ0) is 18.8. The van der Waals surface area contributed by atoms with Crippen LogP contribution < -0.4 is 10.9 Å². The first-order valence-electron chi connectivity index (χ1n) is 8.61. The molecule has 4 nitrogen and oxygen atoms in total. The number of rotatable bonds is 3. The van der Waals surface area contributed by atoms with Gasteiger partial charge in [-0.15, -0.1) is 0 Å². The Kier molecular flexibility index (Phi) is 4.30. The van der Waals surface area contributed by atoms with Gasteiger partial charge < -0.3 is 9.73 Å². The van der Waals surface area contributed by atoms with Crippen molar-refractivity contribution in [3.63, 3.8) is 0 Å². The number of nitrogens with one attached hydrogen (secondary N) is 1. The number of anilines is 1. The van der Waals surface area contributed by atoms with Crippen LogP contribution in [0, 0.1) is 6.92 Å². The molecule has 0 fully saturated rings. The number of aryl methyl sites for hydroxylation is 1. The van der Waals surface area contributed by atoms with E-state index in [9.17, 15) is 9.59 Å². The van der Waals surface area contributed by atoms with Gasteiger partial charge in [-0.2, -0.15) is 0 Å². The molecule has 4 rings (SSSR count). The number of amides is 1. The van der Waals surface area contributed by atoms with Gasteiger partial charge in [-0.05, 0) is 54.4 Å². The van der Waals surface area contributed by atoms with Crippen LogP contribution in [0.3, 0.4) is 0 Å². The van der Waals surface area contributed by atoms with Gasteiger partial charge in [0.05, 0.1) is 5.56 Å². The molecular weight excluding hydrogens is 338 g/mol. The van der Waals surface area contributed by atoms with Crippen molar-refractivity contribution in [2.24, 2.45) is 0 Å². The summed E-state index contributed by atoms with van der Waals surface area (Å²) in [6, 6.07) is 23.7. The number of benzene rings is 3. The minimum absolute atomic E-state index is 0.197. The smallest absolute Gasteiger partial charge is 0.344 e. The minimum atomic E-state index is -0.398. The molecular formula is C23H17NO3. The van der Waals surface area contributed by atoms with Gasteiger partial charge >= 0.3 is 5.63 Å². The molecule has 0 atom stereocenters. The molecule has 0 saturated carbocycles. The van der Waals surface area contributed by atoms with Crippen LogP contribution >= 0.6 is 0 Å². The van der Waals surface area contributed by atoms with Crippen molar-refractivity contribution < 1.29 is 9.21 Å². The molecule has 3 aromatic carbocycles. The largest absolute Gasteiger partial charge is 0.422 e. The number of fused-ring (bicyclic) bond motifs is 1. The monoisotopic (exact) mass is 355 g/mol. The second kappa shape index (κ2) is 6.92. The topological polar surface area (TPSA) is 59.3 Å². The quantitative estimate of drug-likeness (QED) is 0.525. The van der Waals surface area contributed by atoms with Crippen molar-refractivity contribution in [3.05, 3.63) is 100 Å². The van der Waals surface area contributed by atoms with Gasteiger partial charge in [-0.1, -0.05) is 42.5 Å². The van der Waals surface area contributed by atoms with Crippen LogP contribution in [0.25, 0.3) is 22.1 Å². The van der Waals surface area contributed by atoms with E-state index >= 15 is 0 Å². The van der Waals surface area contributed by atoms with Gasteiger partial charge in [0.15, 0.2) is 0 Å². The highest BCUT2D eigenvalue weighted by molar-refractivity contribution is 6.04. The Balaban J connectivity index is 1.61. The molecule has 132 valence electrons. The predicted molar refractivity (Wildman–Crippen MR) is 107 cm³/mol. The van der Waals surface area contributed by atoms with Crippen LogP contribution in [0.4, 0.5) is 5.69 Å². The number of carbonyl (C=O) groups is 1. The van der Waals surface area contributed by atoms with Crippen molar-refractivity contribution in [2.45, 2.75) is 6.92 Å². The lowest BCUT2D eigenvalue weighted by atomic mass is 10.0. The molecule has 0 aliphatic rings. The van der Waals surface area contributed by atoms with E-state index in [2.05, 4.69) is 5.32 Å². The second-order valence-electron chi connectivity index (χ2n) is 6.39. The summed E-state index contributed by atoms with van der Waals surface area (Å²) in [5, 5.41) is 3.73. The van der Waals surface area contributed by atoms with Gasteiger partial charge in [-0.3, -0.25) is 4.79 Å². The van der Waals surface area contributed by atoms with Gasteiger partial charge in [0, 0.05) is 16.6 Å². The Hall–Kier alpha value is -3.66. The Morgan fingerprint density at radius 3 is 2.44 bits per heavy atom. The maximum absolute atomic E-state index is 12.4. The van der Waals surface area contributed by atoms with Crippen LogP contribution in [0.15, 0.2) is 88.1 Å². The molecule has 0 saturated heterocycles. The van der Waals surface area contributed by atoms with Crippen LogP contribution in [-0.4, -0.2) is 5.91 Å². The van der Waals surface area contributed by atoms with E-state index in [-0.39, 0.29) is 5.91 Å². The molecule has 4 heteroatoms. The first kappa shape index (κ1) is 16.8. The molecule has 0 radical (unpaired) electrons. The number of hydrogen-bond acceptors (Lipinski definition) is 3. The average Bonchev–Trinajstić information content (AvgIpc) is 2.67. The van der Waals surface area contributed by atoms with E-state index in [0.29, 0.717) is 22.3 Å². The van der Waals surface area contributed by atoms with Crippen LogP contribution in [0.1, 0.15) is 15.9 Å². The van der Waals surface area contributed by atoms with Crippen molar-refractivity contribution in [1.29, 1.82) is 0 Å². The molecule has 1 heterocycles. The van der Waals surface area contributed by atoms with E-state index in [4.69, 9.17) is 4.42 Å². The summed E-state index contributed by atoms with van der Waals surface area (Å²) in [4.78, 5) is 24.7. The van der Waals surface area contributed by atoms with Crippen molar-refractivity contribution in [2.75, 3.05) is 5.32 Å². The third-order valence-electron chi connectivity index (χ3n) is 4.38. The lowest BCUT2D eigenvalue weighted by Gasteiger charge is -2.07. The molecule has 0 aliphatic heterocycles. The van der Waals surface area contributed by atoms with Gasteiger partial charge in [0.1, 0.15) is 5.58 Å². The highest BCUT2D eigenvalue weighted by atomic mass is 16.4. The van der Waals surface area contributed by atoms with E-state index in [1.165, 1.54) is 0 Å². The molecule has 1 N–H and O–H groups in total. The molecule has 4 aromatic rings. The maximum atomic E-state index is 12.4. The second-order valence-corrected chi connectivity index (χ2v) is 6.39. The standard InChI is InChI=1S/C23H17NO3/c1-15-5-4-7-19(13-15)24-22(25)17-11-9-16(10-12-17)20-14-18-6-2-3-8-21(18)27-23(20)26/h2-14H,1H3,(H,24,25). The Bertz CT molecular complexity index is 1190. The van der Waals surface area contributed by atoms with E-state index < -0.39 is 5.63 Å². The maximum Gasteiger partial charge on any atom is 0.344 e. The summed E-state index contributed by atoms with van der Waals surface area (Å²) in [6.45, 7) is 1.97. The van der Waals surface area contributed by atoms with Crippen molar-refractivity contribution >= 4 is 22.6 Å². The summed E-state index contributed by atoms with van der Waals surface area (Å²) in [5.74, 6) is -0.197. The van der Waals surface area contributed by atoms with Crippen LogP contribution in [-0.2, 0) is 0 Å². The summed E-state index contributed by atoms with van der Waals surface area (Å²) >= 11 is 0. The molecule has 0 aliphatic carbocycles. The zero-order valence-corrected chi connectivity index (χ0v) is 14.7. The number of carbonyl (C=O) groups excluding carboxylic acids is 1. The fourth-order valence-corrected chi connectivity index (χ4v) is 2.99. The summed E-state index contributed by atoms with van der Waals surface area (Å²) in [7, 11) is 0. The lowest BCUT2D eigenvalue weighted by molar-refractivity contribution is 0.102. The minimum Gasteiger partial charge on any atom is -0.422 e. The Morgan fingerprint density at radius 2 is 1.67 bits per heavy atom. The SMILES string of the molecule is Cc1cccc(NC(=O)c2ccc(-c3cc4ccccc4oc3=O)cc2)c1. The molecule has 1 amide bonds. The molecule has 0 spiro atoms. The highest BCUT2D eigenvalue weighted by Crippen LogP contribution is 2.22. The number of hydrogen-bond donors (Lipinski definition) is 1. The average molecular weight is 355 g/mol. The lowest BCUT2D eigenvalue weighted by Crippen LogP contribution is -2.12. The Morgan fingerprint density at radius 1 is 0.889 bits per heavy atom. The predicted octanol–water partition coefficient (Wildman–Crippen LogP) is 5.02. The number of para-hydroxylation sites is 1. The fourth-order valence-electron chi connectivity index (χ4n) is 2.99. The first-order chi connectivity index (χ1) is 13.1. The van der Waals surface area contributed by atoms with Crippen molar-refractivity contribution in [1.82, 2.24) is 0 Å². The van der Waals surface area contributed by atoms with Gasteiger partial charge in [-0.25, -0.2) is 4.79 Å². The zero-order valence-electron chi connectivity index (χ0n) is 14.7. The van der Waals surface area contributed by atoms with Crippen LogP contribution in [0.2, 0.25) is 0 Å². The summed E-state index contributed by atoms with van der Waals surface area (Å²) in [6.07, 6.45) is 0. The van der Waals surface area contributed by atoms with E-state index in [1.54, 1.807) is 30.3 Å². The normalized spacial score (nSPS) is 10.7. The fraction of sp³-hybridized carbons (Fsp3) is 0.0435. The summed E-state index contributed by atoms with van der Waals surface area (Å²) < 4.78 is 5.38. The Labute approximate surface area is 156 Å². The third-order valence-corrected chi connectivity index (χ3v) is 4.38. The summed E-state index contributed by atoms with van der Waals surface area (Å²) in [5.41, 5.74) is 3.68. The van der Waals surface area contributed by atoms with Gasteiger partial charge in [0.2, 0.25) is 0 Å². The molecule has 27 heavy (non-hydrogen) atoms.